The molecule has 23 heavy (non-hydrogen) atoms. The molecule has 0 spiro atoms. The van der Waals surface area contributed by atoms with Crippen LogP contribution in [0.4, 0.5) is 5.69 Å². The average molecular weight is 311 g/mol. The molecule has 0 heterocycles. The van der Waals surface area contributed by atoms with Crippen LogP contribution in [0.15, 0.2) is 54.6 Å². The van der Waals surface area contributed by atoms with Gasteiger partial charge in [0, 0.05) is 11.7 Å². The molecule has 1 unspecified atom stereocenters. The van der Waals surface area contributed by atoms with E-state index in [0.717, 1.165) is 17.2 Å². The molecule has 0 aliphatic rings. The first-order valence-corrected chi connectivity index (χ1v) is 8.87. The number of nitrogens with one attached hydrogen (secondary N) is 1. The van der Waals surface area contributed by atoms with Gasteiger partial charge in [-0.2, -0.15) is 0 Å². The zero-order valence-corrected chi connectivity index (χ0v) is 14.4. The van der Waals surface area contributed by atoms with Crippen molar-refractivity contribution in [1.29, 1.82) is 0 Å². The Balaban J connectivity index is 1.74. The molecule has 1 N–H and O–H groups in total. The van der Waals surface area contributed by atoms with Gasteiger partial charge in [0.1, 0.15) is 11.5 Å². The van der Waals surface area contributed by atoms with E-state index in [4.69, 9.17) is 4.74 Å². The quantitative estimate of drug-likeness (QED) is 0.496. The molecule has 2 aromatic carbocycles. The van der Waals surface area contributed by atoms with Gasteiger partial charge in [0.05, 0.1) is 0 Å². The predicted molar refractivity (Wildman–Crippen MR) is 99.4 cm³/mol. The molecule has 0 bridgehead atoms. The van der Waals surface area contributed by atoms with Crippen molar-refractivity contribution in [2.24, 2.45) is 0 Å². The SMILES string of the molecule is CCCCCCCC(C)Nc1ccc(Oc2ccccc2)cc1. The summed E-state index contributed by atoms with van der Waals surface area (Å²) >= 11 is 0. The summed E-state index contributed by atoms with van der Waals surface area (Å²) in [5, 5.41) is 3.57. The molecule has 0 fully saturated rings. The molecule has 0 radical (unpaired) electrons. The van der Waals surface area contributed by atoms with Gasteiger partial charge >= 0.3 is 0 Å². The predicted octanol–water partition coefficient (Wildman–Crippen LogP) is 6.64. The van der Waals surface area contributed by atoms with Crippen molar-refractivity contribution in [3.63, 3.8) is 0 Å². The van der Waals surface area contributed by atoms with Crippen LogP contribution >= 0.6 is 0 Å². The number of rotatable bonds is 10. The number of unbranched alkanes of at least 4 members (excludes halogenated alkanes) is 4. The minimum absolute atomic E-state index is 0.512. The van der Waals surface area contributed by atoms with Gasteiger partial charge in [-0.25, -0.2) is 0 Å². The number of ether oxygens (including phenoxy) is 1. The Bertz CT molecular complexity index is 536. The Morgan fingerprint density at radius 3 is 2.17 bits per heavy atom. The van der Waals surface area contributed by atoms with Gasteiger partial charge in [0.25, 0.3) is 0 Å². The second-order valence-corrected chi connectivity index (χ2v) is 6.19. The van der Waals surface area contributed by atoms with Crippen LogP contribution in [0.2, 0.25) is 0 Å². The fourth-order valence-corrected chi connectivity index (χ4v) is 2.65. The van der Waals surface area contributed by atoms with E-state index in [1.807, 2.05) is 42.5 Å². The van der Waals surface area contributed by atoms with Crippen molar-refractivity contribution in [2.75, 3.05) is 5.32 Å². The zero-order valence-electron chi connectivity index (χ0n) is 14.4. The topological polar surface area (TPSA) is 21.3 Å². The number of benzene rings is 2. The van der Waals surface area contributed by atoms with Crippen LogP contribution < -0.4 is 10.1 Å². The molecule has 2 heteroatoms. The van der Waals surface area contributed by atoms with Crippen LogP contribution in [-0.2, 0) is 0 Å². The molecule has 124 valence electrons. The Morgan fingerprint density at radius 2 is 1.48 bits per heavy atom. The maximum Gasteiger partial charge on any atom is 0.127 e. The second kappa shape index (κ2) is 9.94. The molecule has 2 nitrogen and oxygen atoms in total. The van der Waals surface area contributed by atoms with Crippen LogP contribution in [0.1, 0.15) is 52.4 Å². The Labute approximate surface area is 140 Å². The van der Waals surface area contributed by atoms with Crippen molar-refractivity contribution in [3.8, 4) is 11.5 Å². The number of hydrogen-bond donors (Lipinski definition) is 1. The van der Waals surface area contributed by atoms with Crippen LogP contribution in [-0.4, -0.2) is 6.04 Å². The third kappa shape index (κ3) is 6.77. The smallest absolute Gasteiger partial charge is 0.127 e. The second-order valence-electron chi connectivity index (χ2n) is 6.19. The van der Waals surface area contributed by atoms with Gasteiger partial charge in [0.15, 0.2) is 0 Å². The summed E-state index contributed by atoms with van der Waals surface area (Å²) in [6.07, 6.45) is 7.93. The summed E-state index contributed by atoms with van der Waals surface area (Å²) in [5.74, 6) is 1.74. The summed E-state index contributed by atoms with van der Waals surface area (Å²) in [5.41, 5.74) is 1.16. The molecule has 0 amide bonds. The van der Waals surface area contributed by atoms with E-state index in [1.165, 1.54) is 38.5 Å². The maximum absolute atomic E-state index is 5.81. The highest BCUT2D eigenvalue weighted by Crippen LogP contribution is 2.23. The average Bonchev–Trinajstić information content (AvgIpc) is 2.57. The van der Waals surface area contributed by atoms with Crippen LogP contribution in [0.5, 0.6) is 11.5 Å². The summed E-state index contributed by atoms with van der Waals surface area (Å²) in [6, 6.07) is 18.6. The van der Waals surface area contributed by atoms with Crippen molar-refractivity contribution < 1.29 is 4.74 Å². The Hall–Kier alpha value is -1.96. The van der Waals surface area contributed by atoms with E-state index in [0.29, 0.717) is 6.04 Å². The summed E-state index contributed by atoms with van der Waals surface area (Å²) in [7, 11) is 0. The molecule has 2 aromatic rings. The van der Waals surface area contributed by atoms with E-state index < -0.39 is 0 Å². The van der Waals surface area contributed by atoms with Gasteiger partial charge in [-0.15, -0.1) is 0 Å². The third-order valence-electron chi connectivity index (χ3n) is 3.99. The summed E-state index contributed by atoms with van der Waals surface area (Å²) in [4.78, 5) is 0. The maximum atomic E-state index is 5.81. The highest BCUT2D eigenvalue weighted by atomic mass is 16.5. The normalized spacial score (nSPS) is 11.9. The Morgan fingerprint density at radius 1 is 0.826 bits per heavy atom. The van der Waals surface area contributed by atoms with Crippen molar-refractivity contribution in [2.45, 2.75) is 58.4 Å². The van der Waals surface area contributed by atoms with Crippen molar-refractivity contribution >= 4 is 5.69 Å². The lowest BCUT2D eigenvalue weighted by Crippen LogP contribution is -2.14. The molecule has 0 aromatic heterocycles. The fraction of sp³-hybridized carbons (Fsp3) is 0.429. The monoisotopic (exact) mass is 311 g/mol. The standard InChI is InChI=1S/C21H29NO/c1-3-4-5-6-8-11-18(2)22-19-14-16-21(17-15-19)23-20-12-9-7-10-13-20/h7,9-10,12-18,22H,3-6,8,11H2,1-2H3. The molecule has 2 rings (SSSR count). The van der Waals surface area contributed by atoms with Crippen molar-refractivity contribution in [3.05, 3.63) is 54.6 Å². The first-order valence-electron chi connectivity index (χ1n) is 8.87. The highest BCUT2D eigenvalue weighted by molar-refractivity contribution is 5.47. The third-order valence-corrected chi connectivity index (χ3v) is 3.99. The largest absolute Gasteiger partial charge is 0.457 e. The molecular weight excluding hydrogens is 282 g/mol. The summed E-state index contributed by atoms with van der Waals surface area (Å²) in [6.45, 7) is 4.52. The number of para-hydroxylation sites is 1. The van der Waals surface area contributed by atoms with Crippen LogP contribution in [0, 0.1) is 0 Å². The molecule has 0 aliphatic heterocycles. The lowest BCUT2D eigenvalue weighted by atomic mass is 10.1. The lowest BCUT2D eigenvalue weighted by Gasteiger charge is -2.15. The van der Waals surface area contributed by atoms with Gasteiger partial charge in [-0.05, 0) is 49.7 Å². The van der Waals surface area contributed by atoms with Crippen molar-refractivity contribution in [1.82, 2.24) is 0 Å². The lowest BCUT2D eigenvalue weighted by molar-refractivity contribution is 0.482. The van der Waals surface area contributed by atoms with E-state index in [1.54, 1.807) is 0 Å². The van der Waals surface area contributed by atoms with Gasteiger partial charge in [-0.3, -0.25) is 0 Å². The van der Waals surface area contributed by atoms with E-state index >= 15 is 0 Å². The van der Waals surface area contributed by atoms with Gasteiger partial charge in [-0.1, -0.05) is 57.2 Å². The first-order chi connectivity index (χ1) is 11.3. The minimum atomic E-state index is 0.512. The zero-order chi connectivity index (χ0) is 16.3. The van der Waals surface area contributed by atoms with E-state index in [-0.39, 0.29) is 0 Å². The molecule has 1 atom stereocenters. The fourth-order valence-electron chi connectivity index (χ4n) is 2.65. The molecular formula is C21H29NO. The van der Waals surface area contributed by atoms with E-state index in [2.05, 4.69) is 31.3 Å². The Kier molecular flexibility index (Phi) is 7.51. The number of hydrogen-bond acceptors (Lipinski definition) is 2. The van der Waals surface area contributed by atoms with Crippen LogP contribution in [0.3, 0.4) is 0 Å². The molecule has 0 aliphatic carbocycles. The summed E-state index contributed by atoms with van der Waals surface area (Å²) < 4.78 is 5.81. The minimum Gasteiger partial charge on any atom is -0.457 e. The van der Waals surface area contributed by atoms with Gasteiger partial charge in [0.2, 0.25) is 0 Å². The van der Waals surface area contributed by atoms with Gasteiger partial charge < -0.3 is 10.1 Å². The highest BCUT2D eigenvalue weighted by Gasteiger charge is 2.03. The van der Waals surface area contributed by atoms with E-state index in [9.17, 15) is 0 Å². The molecule has 0 saturated heterocycles. The molecule has 0 saturated carbocycles. The number of anilines is 1. The first kappa shape index (κ1) is 17.4. The van der Waals surface area contributed by atoms with Crippen LogP contribution in [0.25, 0.3) is 0 Å².